The zero-order valence-electron chi connectivity index (χ0n) is 16.1. The number of carboxylic acid groups (broad SMARTS) is 1. The molecule has 0 aliphatic heterocycles. The second-order valence-corrected chi connectivity index (χ2v) is 8.21. The highest BCUT2D eigenvalue weighted by Crippen LogP contribution is 2.66. The van der Waals surface area contributed by atoms with Gasteiger partial charge >= 0.3 is 17.9 Å². The van der Waals surface area contributed by atoms with E-state index < -0.39 is 42.3 Å². The number of rotatable bonds is 7. The van der Waals surface area contributed by atoms with Crippen LogP contribution in [0.1, 0.15) is 46.5 Å². The summed E-state index contributed by atoms with van der Waals surface area (Å²) in [5.74, 6) is -3.71. The van der Waals surface area contributed by atoms with Crippen LogP contribution in [0.5, 0.6) is 0 Å². The fraction of sp³-hybridized carbons (Fsp3) is 0.778. The van der Waals surface area contributed by atoms with Gasteiger partial charge in [-0.05, 0) is 30.6 Å². The zero-order chi connectivity index (χ0) is 20.6. The Bertz CT molecular complexity index is 648. The molecule has 2 aliphatic rings. The first-order chi connectivity index (χ1) is 12.4. The maximum Gasteiger partial charge on any atom is 0.340 e. The number of hydrogen-bond acceptors (Lipinski definition) is 7. The lowest BCUT2D eigenvalue weighted by Crippen LogP contribution is -2.54. The van der Waals surface area contributed by atoms with E-state index in [9.17, 15) is 19.2 Å². The van der Waals surface area contributed by atoms with E-state index in [1.807, 2.05) is 0 Å². The molecule has 2 rings (SSSR count). The Morgan fingerprint density at radius 2 is 1.85 bits per heavy atom. The molecule has 0 radical (unpaired) electrons. The summed E-state index contributed by atoms with van der Waals surface area (Å²) in [5, 5.41) is 10.9. The fourth-order valence-corrected chi connectivity index (χ4v) is 4.38. The van der Waals surface area contributed by atoms with E-state index in [2.05, 4.69) is 30.8 Å². The Labute approximate surface area is 157 Å². The molecule has 9 heteroatoms. The van der Waals surface area contributed by atoms with Crippen molar-refractivity contribution in [2.75, 3.05) is 7.11 Å². The van der Waals surface area contributed by atoms with Crippen LogP contribution in [0.2, 0.25) is 0 Å². The minimum Gasteiger partial charge on any atom is -0.481 e. The normalized spacial score (nSPS) is 30.3. The number of ether oxygens (including phenoxy) is 2. The Balaban J connectivity index is 2.09. The molecule has 2 bridgehead atoms. The molecule has 1 amide bonds. The number of nitrogens with one attached hydrogen (secondary N) is 1. The van der Waals surface area contributed by atoms with Gasteiger partial charge in [0.1, 0.15) is 6.10 Å². The second-order valence-electron chi connectivity index (χ2n) is 8.21. The van der Waals surface area contributed by atoms with Crippen LogP contribution in [0.15, 0.2) is 0 Å². The maximum absolute atomic E-state index is 12.6. The summed E-state index contributed by atoms with van der Waals surface area (Å²) in [5.41, 5.74) is 5.28. The highest BCUT2D eigenvalue weighted by Gasteiger charge is 2.63. The minimum atomic E-state index is -1.69. The van der Waals surface area contributed by atoms with Gasteiger partial charge in [-0.1, -0.05) is 20.8 Å². The SMILES string of the molecule is COC(=O)C(NC(=O)C(N)CC(=O)O)C(=O)OC1CC2CCC1(C)C2(C)C. The molecule has 0 heterocycles. The van der Waals surface area contributed by atoms with E-state index in [4.69, 9.17) is 15.6 Å². The van der Waals surface area contributed by atoms with Gasteiger partial charge in [-0.25, -0.2) is 9.59 Å². The van der Waals surface area contributed by atoms with Gasteiger partial charge in [-0.2, -0.15) is 0 Å². The summed E-state index contributed by atoms with van der Waals surface area (Å²) in [7, 11) is 1.08. The number of aliphatic carboxylic acids is 1. The molecule has 9 nitrogen and oxygen atoms in total. The molecule has 2 fully saturated rings. The molecule has 5 atom stereocenters. The number of amides is 1. The quantitative estimate of drug-likeness (QED) is 0.417. The third kappa shape index (κ3) is 3.78. The number of nitrogens with two attached hydrogens (primary N) is 1. The van der Waals surface area contributed by atoms with Crippen molar-refractivity contribution < 1.29 is 33.8 Å². The van der Waals surface area contributed by atoms with Crippen LogP contribution in [0.4, 0.5) is 0 Å². The second kappa shape index (κ2) is 7.46. The summed E-state index contributed by atoms with van der Waals surface area (Å²) >= 11 is 0. The Hall–Kier alpha value is -2.16. The Morgan fingerprint density at radius 3 is 2.30 bits per heavy atom. The monoisotopic (exact) mass is 384 g/mol. The van der Waals surface area contributed by atoms with Crippen LogP contribution >= 0.6 is 0 Å². The third-order valence-corrected chi connectivity index (χ3v) is 6.66. The molecule has 0 aromatic heterocycles. The molecule has 0 saturated heterocycles. The van der Waals surface area contributed by atoms with E-state index in [-0.39, 0.29) is 16.9 Å². The average Bonchev–Trinajstić information content (AvgIpc) is 2.91. The van der Waals surface area contributed by atoms with Crippen molar-refractivity contribution in [3.63, 3.8) is 0 Å². The number of hydrogen-bond donors (Lipinski definition) is 3. The van der Waals surface area contributed by atoms with Crippen molar-refractivity contribution in [1.29, 1.82) is 0 Å². The molecule has 152 valence electrons. The van der Waals surface area contributed by atoms with Crippen molar-refractivity contribution in [2.45, 2.75) is 64.6 Å². The molecule has 27 heavy (non-hydrogen) atoms. The van der Waals surface area contributed by atoms with Gasteiger partial charge in [-0.15, -0.1) is 0 Å². The zero-order valence-corrected chi connectivity index (χ0v) is 16.1. The smallest absolute Gasteiger partial charge is 0.340 e. The summed E-state index contributed by atoms with van der Waals surface area (Å²) in [4.78, 5) is 47.3. The Kier molecular flexibility index (Phi) is 5.84. The third-order valence-electron chi connectivity index (χ3n) is 6.66. The van der Waals surface area contributed by atoms with E-state index >= 15 is 0 Å². The standard InChI is InChI=1S/C18H28N2O7/c1-17(2)9-5-6-18(17,3)11(7-9)27-16(25)13(15(24)26-4)20-14(23)10(19)8-12(21)22/h9-11,13H,5-8,19H2,1-4H3,(H,20,23)(H,21,22). The molecule has 5 unspecified atom stereocenters. The van der Waals surface area contributed by atoms with Crippen LogP contribution in [-0.4, -0.2) is 54.2 Å². The predicted molar refractivity (Wildman–Crippen MR) is 93.3 cm³/mol. The van der Waals surface area contributed by atoms with Crippen molar-refractivity contribution in [2.24, 2.45) is 22.5 Å². The number of carbonyl (C=O) groups excluding carboxylic acids is 3. The summed E-state index contributed by atoms with van der Waals surface area (Å²) < 4.78 is 10.2. The number of carbonyl (C=O) groups is 4. The van der Waals surface area contributed by atoms with E-state index in [1.54, 1.807) is 0 Å². The Morgan fingerprint density at radius 1 is 1.22 bits per heavy atom. The maximum atomic E-state index is 12.6. The van der Waals surface area contributed by atoms with Gasteiger partial charge in [0, 0.05) is 5.41 Å². The van der Waals surface area contributed by atoms with E-state index in [0.717, 1.165) is 20.0 Å². The molecule has 0 aromatic rings. The number of carboxylic acids is 1. The molecule has 0 spiro atoms. The summed E-state index contributed by atoms with van der Waals surface area (Å²) in [6, 6.07) is -3.09. The van der Waals surface area contributed by atoms with Crippen molar-refractivity contribution >= 4 is 23.8 Å². The van der Waals surface area contributed by atoms with Crippen molar-refractivity contribution in [3.05, 3.63) is 0 Å². The first-order valence-electron chi connectivity index (χ1n) is 9.00. The largest absolute Gasteiger partial charge is 0.481 e. The van der Waals surface area contributed by atoms with Crippen LogP contribution < -0.4 is 11.1 Å². The minimum absolute atomic E-state index is 0.00575. The molecular formula is C18H28N2O7. The lowest BCUT2D eigenvalue weighted by atomic mass is 9.70. The van der Waals surface area contributed by atoms with Gasteiger partial charge in [0.2, 0.25) is 11.9 Å². The lowest BCUT2D eigenvalue weighted by molar-refractivity contribution is -0.167. The van der Waals surface area contributed by atoms with Gasteiger partial charge in [0.25, 0.3) is 0 Å². The molecule has 4 N–H and O–H groups in total. The highest BCUT2D eigenvalue weighted by molar-refractivity contribution is 6.03. The molecule has 0 aromatic carbocycles. The van der Waals surface area contributed by atoms with Gasteiger partial charge in [0.15, 0.2) is 0 Å². The topological polar surface area (TPSA) is 145 Å². The van der Waals surface area contributed by atoms with E-state index in [0.29, 0.717) is 12.3 Å². The first-order valence-corrected chi connectivity index (χ1v) is 9.00. The number of esters is 2. The van der Waals surface area contributed by atoms with Gasteiger partial charge in [-0.3, -0.25) is 9.59 Å². The predicted octanol–water partition coefficient (Wildman–Crippen LogP) is 0.204. The van der Waals surface area contributed by atoms with Crippen LogP contribution in [-0.2, 0) is 28.7 Å². The van der Waals surface area contributed by atoms with Crippen LogP contribution in [0, 0.1) is 16.7 Å². The summed E-state index contributed by atoms with van der Waals surface area (Å²) in [6.45, 7) is 6.39. The van der Waals surface area contributed by atoms with Crippen molar-refractivity contribution in [3.8, 4) is 0 Å². The van der Waals surface area contributed by atoms with Gasteiger partial charge in [0.05, 0.1) is 19.6 Å². The molecular weight excluding hydrogens is 356 g/mol. The van der Waals surface area contributed by atoms with Crippen molar-refractivity contribution in [1.82, 2.24) is 5.32 Å². The average molecular weight is 384 g/mol. The van der Waals surface area contributed by atoms with E-state index in [1.165, 1.54) is 0 Å². The molecule has 2 aliphatic carbocycles. The number of methoxy groups -OCH3 is 1. The highest BCUT2D eigenvalue weighted by atomic mass is 16.6. The summed E-state index contributed by atoms with van der Waals surface area (Å²) in [6.07, 6.45) is 1.69. The lowest BCUT2D eigenvalue weighted by Gasteiger charge is -2.38. The van der Waals surface area contributed by atoms with Gasteiger partial charge < -0.3 is 25.6 Å². The van der Waals surface area contributed by atoms with Crippen LogP contribution in [0.3, 0.4) is 0 Å². The first kappa shape index (κ1) is 21.1. The number of fused-ring (bicyclic) bond motifs is 2. The molecule has 2 saturated carbocycles. The van der Waals surface area contributed by atoms with Crippen LogP contribution in [0.25, 0.3) is 0 Å². The fourth-order valence-electron chi connectivity index (χ4n) is 4.38.